The highest BCUT2D eigenvalue weighted by molar-refractivity contribution is 5.44. The molecule has 0 saturated carbocycles. The molecule has 0 bridgehead atoms. The Morgan fingerprint density at radius 1 is 1.11 bits per heavy atom. The molecule has 48 valence electrons. The molecule has 0 saturated heterocycles. The van der Waals surface area contributed by atoms with E-state index in [1.165, 1.54) is 17.5 Å². The molecule has 0 radical (unpaired) electrons. The summed E-state index contributed by atoms with van der Waals surface area (Å²) in [5.74, 6) is 3.00. The van der Waals surface area contributed by atoms with E-state index in [0.717, 1.165) is 0 Å². The molecule has 0 heterocycles. The van der Waals surface area contributed by atoms with Crippen molar-refractivity contribution < 1.29 is 4.48 Å². The summed E-state index contributed by atoms with van der Waals surface area (Å²) in [6.45, 7) is 0. The smallest absolute Gasteiger partial charge is 0.00201 e. The lowest BCUT2D eigenvalue weighted by Crippen LogP contribution is -1.53. The van der Waals surface area contributed by atoms with Gasteiger partial charge in [-0.25, -0.2) is 0 Å². The van der Waals surface area contributed by atoms with E-state index in [-0.39, 0.29) is 0 Å². The zero-order valence-electron chi connectivity index (χ0n) is 4.97. The van der Waals surface area contributed by atoms with E-state index in [1.807, 2.05) is 0 Å². The normalized spacial score (nSPS) is 10.9. The van der Waals surface area contributed by atoms with Crippen molar-refractivity contribution in [1.29, 1.82) is 0 Å². The first kappa shape index (κ1) is 6.23. The largest absolute Gasteiger partial charge is 0.172 e. The molecule has 0 spiro atoms. The van der Waals surface area contributed by atoms with Crippen molar-refractivity contribution in [3.8, 4) is 0 Å². The first-order chi connectivity index (χ1) is 4.47. The van der Waals surface area contributed by atoms with Crippen LogP contribution in [0.1, 0.15) is 11.1 Å². The van der Waals surface area contributed by atoms with Gasteiger partial charge in [0.1, 0.15) is 0 Å². The van der Waals surface area contributed by atoms with Gasteiger partial charge in [0, 0.05) is 0 Å². The highest BCUT2D eigenvalue weighted by atomic mass is 19.2. The first-order valence-corrected chi connectivity index (χ1v) is 2.75. The Labute approximate surface area is 53.2 Å². The maximum Gasteiger partial charge on any atom is -0.00201 e. The van der Waals surface area contributed by atoms with Crippen LogP contribution < -0.4 is 5.96 Å². The maximum absolute atomic E-state index is 9.00. The number of hydrogen-bond donors (Lipinski definition) is 1. The fourth-order valence-electron chi connectivity index (χ4n) is 0.836. The predicted molar refractivity (Wildman–Crippen MR) is 34.5 cm³/mol. The summed E-state index contributed by atoms with van der Waals surface area (Å²) in [6.07, 6.45) is 1.24. The lowest BCUT2D eigenvalue weighted by atomic mass is 10.4. The van der Waals surface area contributed by atoms with Gasteiger partial charge in [0.2, 0.25) is 0 Å². The van der Waals surface area contributed by atoms with Gasteiger partial charge in [-0.3, -0.25) is 0 Å². The van der Waals surface area contributed by atoms with E-state index >= 15 is 0 Å². The molecule has 0 unspecified atom stereocenters. The van der Waals surface area contributed by atoms with E-state index in [1.54, 1.807) is 0 Å². The molecule has 2 rings (SSSR count). The van der Waals surface area contributed by atoms with Gasteiger partial charge in [-0.1, -0.05) is 24.3 Å². The number of hydrogen-bond acceptors (Lipinski definition) is 1. The number of nitrogens with two attached hydrogens (primary N) is 1. The van der Waals surface area contributed by atoms with Crippen LogP contribution in [0.15, 0.2) is 24.3 Å². The fraction of sp³-hybridized carbons (Fsp3) is 0.143. The van der Waals surface area contributed by atoms with Gasteiger partial charge in [0.25, 0.3) is 0 Å². The van der Waals surface area contributed by atoms with Gasteiger partial charge in [-0.15, -0.1) is 4.48 Å². The van der Waals surface area contributed by atoms with Crippen LogP contribution in [0.2, 0.25) is 0 Å². The first-order valence-electron chi connectivity index (χ1n) is 2.75. The Morgan fingerprint density at radius 3 is 1.89 bits per heavy atom. The molecule has 1 aromatic carbocycles. The zero-order valence-corrected chi connectivity index (χ0v) is 4.97. The van der Waals surface area contributed by atoms with Gasteiger partial charge in [0.15, 0.2) is 0 Å². The molecule has 9 heavy (non-hydrogen) atoms. The molecule has 2 N–H and O–H groups in total. The van der Waals surface area contributed by atoms with Crippen molar-refractivity contribution in [2.24, 2.45) is 5.96 Å². The maximum atomic E-state index is 9.00. The highest BCUT2D eigenvalue weighted by Gasteiger charge is 2.12. The monoisotopic (exact) mass is 125 g/mol. The van der Waals surface area contributed by atoms with Gasteiger partial charge < -0.3 is 0 Å². The quantitative estimate of drug-likeness (QED) is 0.529. The predicted octanol–water partition coefficient (Wildman–Crippen LogP) is 1.42. The van der Waals surface area contributed by atoms with Gasteiger partial charge in [0.05, 0.1) is 0 Å². The van der Waals surface area contributed by atoms with Crippen molar-refractivity contribution in [1.82, 2.24) is 0 Å². The minimum atomic E-state index is 1.24. The summed E-state index contributed by atoms with van der Waals surface area (Å²) in [5, 5.41) is 0. The van der Waals surface area contributed by atoms with Gasteiger partial charge >= 0.3 is 0 Å². The third-order valence-corrected chi connectivity index (χ3v) is 1.37. The van der Waals surface area contributed by atoms with Crippen molar-refractivity contribution in [2.45, 2.75) is 6.42 Å². The molecule has 0 fully saturated rings. The van der Waals surface area contributed by atoms with E-state index in [0.29, 0.717) is 0 Å². The van der Waals surface area contributed by atoms with E-state index in [4.69, 9.17) is 4.48 Å². The Kier molecular flexibility index (Phi) is 1.80. The van der Waals surface area contributed by atoms with Gasteiger partial charge in [-0.05, 0) is 17.5 Å². The molecule has 1 aliphatic rings. The average Bonchev–Trinajstić information content (AvgIpc) is 2.69. The third kappa shape index (κ3) is 1.27. The van der Waals surface area contributed by atoms with Crippen LogP contribution in [-0.4, -0.2) is 0 Å². The third-order valence-electron chi connectivity index (χ3n) is 1.37. The summed E-state index contributed by atoms with van der Waals surface area (Å²) in [7, 11) is 0. The molecule has 0 aliphatic heterocycles. The minimum absolute atomic E-state index is 1.24. The summed E-state index contributed by atoms with van der Waals surface area (Å²) < 4.78 is 9.00. The summed E-state index contributed by atoms with van der Waals surface area (Å²) in [4.78, 5) is 0. The minimum Gasteiger partial charge on any atom is -0.172 e. The lowest BCUT2D eigenvalue weighted by molar-refractivity contribution is 0.530. The molecule has 1 nitrogen and oxygen atoms in total. The van der Waals surface area contributed by atoms with E-state index < -0.39 is 0 Å². The van der Waals surface area contributed by atoms with E-state index in [2.05, 4.69) is 30.2 Å². The molecule has 1 aromatic rings. The molecule has 1 aliphatic carbocycles. The van der Waals surface area contributed by atoms with Crippen molar-refractivity contribution in [2.75, 3.05) is 0 Å². The second kappa shape index (κ2) is 2.60. The SMILES string of the molecule is NF.c1ccc2c(c1)C2. The van der Waals surface area contributed by atoms with Crippen LogP contribution in [0, 0.1) is 0 Å². The molecular weight excluding hydrogens is 117 g/mol. The summed E-state index contributed by atoms with van der Waals surface area (Å²) in [6, 6.07) is 8.53. The van der Waals surface area contributed by atoms with Crippen LogP contribution in [0.25, 0.3) is 0 Å². The summed E-state index contributed by atoms with van der Waals surface area (Å²) in [5.41, 5.74) is 3.06. The molecule has 2 heteroatoms. The van der Waals surface area contributed by atoms with E-state index in [9.17, 15) is 0 Å². The summed E-state index contributed by atoms with van der Waals surface area (Å²) >= 11 is 0. The second-order valence-electron chi connectivity index (χ2n) is 1.95. The topological polar surface area (TPSA) is 26.0 Å². The van der Waals surface area contributed by atoms with Crippen LogP contribution in [0.4, 0.5) is 4.48 Å². The van der Waals surface area contributed by atoms with Crippen LogP contribution in [0.5, 0.6) is 0 Å². The second-order valence-corrected chi connectivity index (χ2v) is 1.95. The average molecular weight is 125 g/mol. The van der Waals surface area contributed by atoms with Crippen molar-refractivity contribution >= 4 is 0 Å². The number of benzene rings is 1. The van der Waals surface area contributed by atoms with Crippen molar-refractivity contribution in [3.05, 3.63) is 35.4 Å². The molecule has 0 atom stereocenters. The van der Waals surface area contributed by atoms with Crippen LogP contribution in [0.3, 0.4) is 0 Å². The standard InChI is InChI=1S/C7H6.FH2N/c1-2-4-7-5-6(7)3-1;1-2/h1-4H,5H2;2H2. The number of halogens is 1. The van der Waals surface area contributed by atoms with Crippen LogP contribution >= 0.6 is 0 Å². The Balaban J connectivity index is 0.000000186. The Hall–Kier alpha value is -0.890. The van der Waals surface area contributed by atoms with Crippen molar-refractivity contribution in [3.63, 3.8) is 0 Å². The molecular formula is C7H8FN. The highest BCUT2D eigenvalue weighted by Crippen LogP contribution is 2.25. The zero-order chi connectivity index (χ0) is 6.69. The van der Waals surface area contributed by atoms with Crippen LogP contribution in [-0.2, 0) is 6.42 Å². The number of rotatable bonds is 0. The Morgan fingerprint density at radius 2 is 1.56 bits per heavy atom. The number of fused-ring (bicyclic) bond motifs is 1. The van der Waals surface area contributed by atoms with Gasteiger partial charge in [-0.2, -0.15) is 5.96 Å². The molecule has 0 aromatic heterocycles. The fourth-order valence-corrected chi connectivity index (χ4v) is 0.836. The molecule has 0 amide bonds. The lowest BCUT2D eigenvalue weighted by Gasteiger charge is -1.69. The Bertz CT molecular complexity index is 177.